The van der Waals surface area contributed by atoms with Crippen molar-refractivity contribution in [2.75, 3.05) is 0 Å². The lowest BCUT2D eigenvalue weighted by Gasteiger charge is -2.12. The first-order valence-electron chi connectivity index (χ1n) is 4.78. The van der Waals surface area contributed by atoms with Gasteiger partial charge in [-0.2, -0.15) is 0 Å². The van der Waals surface area contributed by atoms with Gasteiger partial charge < -0.3 is 0 Å². The van der Waals surface area contributed by atoms with Crippen LogP contribution >= 0.6 is 11.9 Å². The summed E-state index contributed by atoms with van der Waals surface area (Å²) in [5.41, 5.74) is 1.43. The summed E-state index contributed by atoms with van der Waals surface area (Å²) in [5, 5.41) is 5.46. The van der Waals surface area contributed by atoms with Gasteiger partial charge in [0.15, 0.2) is 0 Å². The van der Waals surface area contributed by atoms with E-state index in [2.05, 4.69) is 38.1 Å². The van der Waals surface area contributed by atoms with Crippen molar-refractivity contribution in [2.24, 2.45) is 5.14 Å². The van der Waals surface area contributed by atoms with Gasteiger partial charge in [0.05, 0.1) is 0 Å². The first kappa shape index (κ1) is 13.5. The summed E-state index contributed by atoms with van der Waals surface area (Å²) in [6.45, 7) is 4.47. The Hall–Kier alpha value is -0.510. The molecule has 2 N–H and O–H groups in total. The molecule has 0 aliphatic rings. The molecule has 1 rings (SSSR count). The Morgan fingerprint density at radius 2 is 1.64 bits per heavy atom. The molecule has 0 amide bonds. The molecule has 0 aromatic heterocycles. The Morgan fingerprint density at radius 3 is 2.00 bits per heavy atom. The maximum absolute atomic E-state index is 5.46. The van der Waals surface area contributed by atoms with Gasteiger partial charge in [0.25, 0.3) is 0 Å². The average Bonchev–Trinajstić information content (AvgIpc) is 2.21. The summed E-state index contributed by atoms with van der Waals surface area (Å²) >= 11 is 1.30. The van der Waals surface area contributed by atoms with Crippen molar-refractivity contribution in [3.63, 3.8) is 0 Å². The van der Waals surface area contributed by atoms with Crippen LogP contribution in [0.1, 0.15) is 38.2 Å². The summed E-state index contributed by atoms with van der Waals surface area (Å²) in [6, 6.07) is 8.57. The molecular formula is C11H17NOS. The zero-order valence-electron chi connectivity index (χ0n) is 8.69. The second kappa shape index (κ2) is 6.87. The topological polar surface area (TPSA) is 54.5 Å². The summed E-state index contributed by atoms with van der Waals surface area (Å²) in [6.07, 6.45) is 2.43. The minimum Gasteiger partial charge on any atom is -0.274 e. The van der Waals surface area contributed by atoms with Crippen molar-refractivity contribution < 1.29 is 5.48 Å². The van der Waals surface area contributed by atoms with Gasteiger partial charge in [0.2, 0.25) is 0 Å². The van der Waals surface area contributed by atoms with E-state index < -0.39 is 0 Å². The average molecular weight is 211 g/mol. The van der Waals surface area contributed by atoms with E-state index in [0.29, 0.717) is 5.92 Å². The van der Waals surface area contributed by atoms with Gasteiger partial charge in [-0.05, 0) is 48.4 Å². The zero-order valence-corrected chi connectivity index (χ0v) is 9.51. The lowest BCUT2D eigenvalue weighted by atomic mass is 9.94. The van der Waals surface area contributed by atoms with Gasteiger partial charge in [-0.25, -0.2) is 0 Å². The predicted molar refractivity (Wildman–Crippen MR) is 60.5 cm³/mol. The van der Waals surface area contributed by atoms with E-state index in [1.807, 2.05) is 0 Å². The molecule has 0 aliphatic carbocycles. The third-order valence-corrected chi connectivity index (χ3v) is 3.02. The number of hydrogen-bond donors (Lipinski definition) is 1. The van der Waals surface area contributed by atoms with Gasteiger partial charge in [-0.3, -0.25) is 5.14 Å². The van der Waals surface area contributed by atoms with E-state index in [9.17, 15) is 0 Å². The van der Waals surface area contributed by atoms with E-state index in [0.717, 1.165) is 4.90 Å². The van der Waals surface area contributed by atoms with Gasteiger partial charge >= 0.3 is 0 Å². The van der Waals surface area contributed by atoms with Crippen LogP contribution in [0.2, 0.25) is 0 Å². The Morgan fingerprint density at radius 1 is 1.14 bits per heavy atom. The summed E-state index contributed by atoms with van der Waals surface area (Å²) < 4.78 is 0. The number of rotatable bonds is 4. The molecule has 2 nitrogen and oxygen atoms in total. The molecule has 78 valence electrons. The molecular weight excluding hydrogens is 194 g/mol. The highest BCUT2D eigenvalue weighted by molar-refractivity contribution is 7.97. The third kappa shape index (κ3) is 3.33. The highest BCUT2D eigenvalue weighted by atomic mass is 32.2. The monoisotopic (exact) mass is 211 g/mol. The summed E-state index contributed by atoms with van der Waals surface area (Å²) in [7, 11) is 0. The van der Waals surface area contributed by atoms with Crippen LogP contribution in [-0.4, -0.2) is 0 Å². The van der Waals surface area contributed by atoms with E-state index in [-0.39, 0.29) is 5.48 Å². The van der Waals surface area contributed by atoms with Crippen molar-refractivity contribution in [3.05, 3.63) is 29.8 Å². The lowest BCUT2D eigenvalue weighted by molar-refractivity contribution is 0.641. The zero-order chi connectivity index (χ0) is 9.68. The first-order chi connectivity index (χ1) is 6.31. The van der Waals surface area contributed by atoms with E-state index >= 15 is 0 Å². The van der Waals surface area contributed by atoms with Crippen molar-refractivity contribution in [1.82, 2.24) is 0 Å². The Bertz CT molecular complexity index is 244. The van der Waals surface area contributed by atoms with E-state index in [1.54, 1.807) is 0 Å². The maximum atomic E-state index is 5.46. The van der Waals surface area contributed by atoms with E-state index in [4.69, 9.17) is 5.14 Å². The molecule has 0 aliphatic heterocycles. The molecule has 1 aromatic carbocycles. The molecule has 0 unspecified atom stereocenters. The molecule has 1 aromatic rings. The molecule has 0 atom stereocenters. The predicted octanol–water partition coefficient (Wildman–Crippen LogP) is 3.44. The summed E-state index contributed by atoms with van der Waals surface area (Å²) in [5.74, 6) is 0.705. The van der Waals surface area contributed by atoms with Crippen molar-refractivity contribution in [1.29, 1.82) is 0 Å². The number of benzene rings is 1. The van der Waals surface area contributed by atoms with Gasteiger partial charge in [0.1, 0.15) is 0 Å². The smallest absolute Gasteiger partial charge is 0.0226 e. The molecule has 3 heteroatoms. The molecule has 2 radical (unpaired) electrons. The molecule has 0 spiro atoms. The summed E-state index contributed by atoms with van der Waals surface area (Å²) in [4.78, 5) is 1.13. The quantitative estimate of drug-likeness (QED) is 0.776. The first-order valence-corrected chi connectivity index (χ1v) is 5.66. The van der Waals surface area contributed by atoms with Crippen LogP contribution in [0.5, 0.6) is 0 Å². The minimum atomic E-state index is 0. The highest BCUT2D eigenvalue weighted by Gasteiger charge is 2.05. The normalized spacial score (nSPS) is 10.0. The molecule has 14 heavy (non-hydrogen) atoms. The van der Waals surface area contributed by atoms with Gasteiger partial charge in [-0.1, -0.05) is 26.0 Å². The third-order valence-electron chi connectivity index (χ3n) is 2.47. The fourth-order valence-corrected chi connectivity index (χ4v) is 1.87. The molecule has 0 fully saturated rings. The van der Waals surface area contributed by atoms with Crippen LogP contribution in [0, 0.1) is 0 Å². The molecule has 0 saturated heterocycles. The second-order valence-electron chi connectivity index (χ2n) is 3.20. The fraction of sp³-hybridized carbons (Fsp3) is 0.455. The lowest BCUT2D eigenvalue weighted by Crippen LogP contribution is -1.94. The van der Waals surface area contributed by atoms with Crippen LogP contribution in [0.15, 0.2) is 29.2 Å². The van der Waals surface area contributed by atoms with Crippen LogP contribution in [0.4, 0.5) is 0 Å². The number of hydrogen-bond acceptors (Lipinski definition) is 2. The molecule has 0 saturated carbocycles. The Balaban J connectivity index is 0.00000169. The SMILES string of the molecule is CCC(CC)c1ccc(SN)cc1.[O]. The highest BCUT2D eigenvalue weighted by Crippen LogP contribution is 2.24. The van der Waals surface area contributed by atoms with Gasteiger partial charge in [-0.15, -0.1) is 0 Å². The molecule has 0 heterocycles. The Labute approximate surface area is 90.3 Å². The minimum absolute atomic E-state index is 0. The van der Waals surface area contributed by atoms with Gasteiger partial charge in [0, 0.05) is 10.4 Å². The van der Waals surface area contributed by atoms with Crippen LogP contribution in [-0.2, 0) is 5.48 Å². The standard InChI is InChI=1S/C11H17NS.O/c1-3-9(4-2)10-5-7-11(13-12)8-6-10;/h5-9H,3-4,12H2,1-2H3;. The van der Waals surface area contributed by atoms with Crippen LogP contribution in [0.25, 0.3) is 0 Å². The maximum Gasteiger partial charge on any atom is 0.0226 e. The van der Waals surface area contributed by atoms with Crippen LogP contribution in [0.3, 0.4) is 0 Å². The van der Waals surface area contributed by atoms with Crippen molar-refractivity contribution in [2.45, 2.75) is 37.5 Å². The fourth-order valence-electron chi connectivity index (χ4n) is 1.58. The van der Waals surface area contributed by atoms with Crippen molar-refractivity contribution in [3.8, 4) is 0 Å². The van der Waals surface area contributed by atoms with E-state index in [1.165, 1.54) is 30.4 Å². The van der Waals surface area contributed by atoms with Crippen LogP contribution < -0.4 is 5.14 Å². The second-order valence-corrected chi connectivity index (χ2v) is 3.91. The van der Waals surface area contributed by atoms with Crippen molar-refractivity contribution >= 4 is 11.9 Å². The molecule has 0 bridgehead atoms. The largest absolute Gasteiger partial charge is 0.274 e. The number of nitrogens with two attached hydrogens (primary N) is 1. The Kier molecular flexibility index (Phi) is 6.62.